The second kappa shape index (κ2) is 8.35. The molecule has 3 aromatic rings. The van der Waals surface area contributed by atoms with Crippen LogP contribution >= 0.6 is 11.8 Å². The number of rotatable bonds is 7. The van der Waals surface area contributed by atoms with Crippen LogP contribution in [-0.4, -0.2) is 28.6 Å². The first kappa shape index (κ1) is 18.4. The molecule has 1 amide bonds. The highest BCUT2D eigenvalue weighted by atomic mass is 32.2. The van der Waals surface area contributed by atoms with E-state index < -0.39 is 0 Å². The summed E-state index contributed by atoms with van der Waals surface area (Å²) in [5.74, 6) is 3.63. The summed E-state index contributed by atoms with van der Waals surface area (Å²) in [5, 5.41) is 6.87. The number of aromatic nitrogens is 2. The zero-order valence-corrected chi connectivity index (χ0v) is 16.1. The smallest absolute Gasteiger partial charge is 0.236 e. The maximum atomic E-state index is 12.1. The molecule has 0 fully saturated rings. The molecule has 0 saturated carbocycles. The minimum atomic E-state index is -0.0581. The van der Waals surface area contributed by atoms with E-state index in [0.717, 1.165) is 5.56 Å². The normalized spacial score (nSPS) is 12.2. The highest BCUT2D eigenvalue weighted by molar-refractivity contribution is 7.98. The van der Waals surface area contributed by atoms with Gasteiger partial charge in [0.05, 0.1) is 5.75 Å². The van der Waals surface area contributed by atoms with E-state index in [0.29, 0.717) is 46.8 Å². The third-order valence-electron chi connectivity index (χ3n) is 4.13. The lowest BCUT2D eigenvalue weighted by Crippen LogP contribution is -2.12. The largest absolute Gasteiger partial charge is 0.454 e. The van der Waals surface area contributed by atoms with Crippen molar-refractivity contribution in [3.05, 3.63) is 53.9 Å². The zero-order valence-electron chi connectivity index (χ0n) is 15.3. The molecule has 0 bridgehead atoms. The van der Waals surface area contributed by atoms with Gasteiger partial charge in [-0.1, -0.05) is 35.0 Å². The van der Waals surface area contributed by atoms with E-state index in [2.05, 4.69) is 15.5 Å². The number of aryl methyl sites for hydroxylation is 1. The van der Waals surface area contributed by atoms with Gasteiger partial charge >= 0.3 is 0 Å². The van der Waals surface area contributed by atoms with Crippen molar-refractivity contribution in [3.8, 4) is 22.9 Å². The van der Waals surface area contributed by atoms with E-state index in [1.54, 1.807) is 30.0 Å². The minimum absolute atomic E-state index is 0.0581. The molecule has 1 aromatic heterocycles. The highest BCUT2D eigenvalue weighted by Crippen LogP contribution is 2.34. The topological polar surface area (TPSA) is 86.5 Å². The van der Waals surface area contributed by atoms with E-state index >= 15 is 0 Å². The number of anilines is 1. The molecule has 1 N–H and O–H groups in total. The number of carbonyl (C=O) groups excluding carboxylic acids is 1. The number of amides is 1. The van der Waals surface area contributed by atoms with E-state index in [-0.39, 0.29) is 12.7 Å². The third-order valence-corrected chi connectivity index (χ3v) is 5.08. The molecule has 2 aromatic carbocycles. The summed E-state index contributed by atoms with van der Waals surface area (Å²) < 4.78 is 15.9. The highest BCUT2D eigenvalue weighted by Gasteiger charge is 2.14. The Balaban J connectivity index is 1.21. The third kappa shape index (κ3) is 4.45. The molecule has 8 heteroatoms. The number of benzene rings is 2. The Morgan fingerprint density at radius 1 is 1.14 bits per heavy atom. The van der Waals surface area contributed by atoms with Crippen LogP contribution in [0.5, 0.6) is 11.5 Å². The van der Waals surface area contributed by atoms with Gasteiger partial charge in [-0.15, -0.1) is 0 Å². The number of hydrogen-bond donors (Lipinski definition) is 1. The molecule has 1 aliphatic rings. The molecule has 7 nitrogen and oxygen atoms in total. The Hall–Kier alpha value is -3.00. The van der Waals surface area contributed by atoms with Crippen molar-refractivity contribution in [2.75, 3.05) is 17.9 Å². The van der Waals surface area contributed by atoms with E-state index in [4.69, 9.17) is 14.0 Å². The summed E-state index contributed by atoms with van der Waals surface area (Å²) >= 11 is 1.57. The first-order valence-electron chi connectivity index (χ1n) is 8.84. The van der Waals surface area contributed by atoms with E-state index in [9.17, 15) is 4.79 Å². The SMILES string of the molecule is Cc1ccc(-c2noc(CSCCC(=O)Nc3ccc4c(c3)OCO4)n2)cc1. The average molecular weight is 397 g/mol. The number of ether oxygens (including phenoxy) is 2. The molecule has 0 aliphatic carbocycles. The number of nitrogens with zero attached hydrogens (tertiary/aromatic N) is 2. The van der Waals surface area contributed by atoms with Crippen LogP contribution in [0, 0.1) is 6.92 Å². The Morgan fingerprint density at radius 3 is 2.82 bits per heavy atom. The monoisotopic (exact) mass is 397 g/mol. The molecule has 4 rings (SSSR count). The summed E-state index contributed by atoms with van der Waals surface area (Å²) in [5.41, 5.74) is 2.80. The molecule has 0 atom stereocenters. The van der Waals surface area contributed by atoms with Gasteiger partial charge in [0, 0.05) is 29.5 Å². The van der Waals surface area contributed by atoms with Crippen molar-refractivity contribution in [2.45, 2.75) is 19.1 Å². The second-order valence-corrected chi connectivity index (χ2v) is 7.40. The second-order valence-electron chi connectivity index (χ2n) is 6.30. The maximum absolute atomic E-state index is 12.1. The van der Waals surface area contributed by atoms with Gasteiger partial charge in [-0.05, 0) is 19.1 Å². The molecule has 2 heterocycles. The molecular weight excluding hydrogens is 378 g/mol. The molecule has 1 aliphatic heterocycles. The van der Waals surface area contributed by atoms with E-state index in [1.165, 1.54) is 5.56 Å². The van der Waals surface area contributed by atoms with Crippen LogP contribution in [-0.2, 0) is 10.5 Å². The zero-order chi connectivity index (χ0) is 19.3. The van der Waals surface area contributed by atoms with Crippen molar-refractivity contribution < 1.29 is 18.8 Å². The van der Waals surface area contributed by atoms with Crippen molar-refractivity contribution in [3.63, 3.8) is 0 Å². The van der Waals surface area contributed by atoms with Gasteiger partial charge in [-0.25, -0.2) is 0 Å². The van der Waals surface area contributed by atoms with E-state index in [1.807, 2.05) is 31.2 Å². The minimum Gasteiger partial charge on any atom is -0.454 e. The summed E-state index contributed by atoms with van der Waals surface area (Å²) in [4.78, 5) is 16.5. The number of carbonyl (C=O) groups is 1. The van der Waals surface area contributed by atoms with Crippen LogP contribution in [0.1, 0.15) is 17.9 Å². The van der Waals surface area contributed by atoms with Crippen molar-refractivity contribution >= 4 is 23.4 Å². The summed E-state index contributed by atoms with van der Waals surface area (Å²) in [6.07, 6.45) is 0.387. The number of fused-ring (bicyclic) bond motifs is 1. The Morgan fingerprint density at radius 2 is 1.96 bits per heavy atom. The summed E-state index contributed by atoms with van der Waals surface area (Å²) in [6, 6.07) is 13.3. The van der Waals surface area contributed by atoms with Crippen molar-refractivity contribution in [1.29, 1.82) is 0 Å². The Labute approximate surface area is 166 Å². The first-order chi connectivity index (χ1) is 13.7. The van der Waals surface area contributed by atoms with Gasteiger partial charge in [-0.3, -0.25) is 4.79 Å². The fourth-order valence-electron chi connectivity index (χ4n) is 2.66. The van der Waals surface area contributed by atoms with Gasteiger partial charge < -0.3 is 19.3 Å². The fraction of sp³-hybridized carbons (Fsp3) is 0.250. The standard InChI is InChI=1S/C20H19N3O4S/c1-13-2-4-14(5-3-13)20-22-19(27-23-20)11-28-9-8-18(24)21-15-6-7-16-17(10-15)26-12-25-16/h2-7,10H,8-9,11-12H2,1H3,(H,21,24). The molecule has 0 unspecified atom stereocenters. The van der Waals surface area contributed by atoms with Gasteiger partial charge in [0.2, 0.25) is 24.4 Å². The van der Waals surface area contributed by atoms with Gasteiger partial charge in [0.25, 0.3) is 0 Å². The van der Waals surface area contributed by atoms with Crippen LogP contribution in [0.2, 0.25) is 0 Å². The van der Waals surface area contributed by atoms with Gasteiger partial charge in [0.1, 0.15) is 0 Å². The quantitative estimate of drug-likeness (QED) is 0.602. The maximum Gasteiger partial charge on any atom is 0.236 e. The lowest BCUT2D eigenvalue weighted by molar-refractivity contribution is -0.115. The lowest BCUT2D eigenvalue weighted by Gasteiger charge is -2.05. The Kier molecular flexibility index (Phi) is 5.48. The predicted octanol–water partition coefficient (Wildman–Crippen LogP) is 4.04. The van der Waals surface area contributed by atoms with Crippen molar-refractivity contribution in [2.24, 2.45) is 0 Å². The molecule has 0 spiro atoms. The van der Waals surface area contributed by atoms with Gasteiger partial charge in [0.15, 0.2) is 11.5 Å². The molecule has 0 saturated heterocycles. The van der Waals surface area contributed by atoms with Crippen molar-refractivity contribution in [1.82, 2.24) is 10.1 Å². The Bertz CT molecular complexity index is 972. The number of thioether (sulfide) groups is 1. The fourth-order valence-corrected chi connectivity index (χ4v) is 3.42. The lowest BCUT2D eigenvalue weighted by atomic mass is 10.1. The predicted molar refractivity (Wildman–Crippen MR) is 106 cm³/mol. The van der Waals surface area contributed by atoms with Crippen LogP contribution in [0.4, 0.5) is 5.69 Å². The number of hydrogen-bond acceptors (Lipinski definition) is 7. The molecule has 28 heavy (non-hydrogen) atoms. The summed E-state index contributed by atoms with van der Waals surface area (Å²) in [7, 11) is 0. The van der Waals surface area contributed by atoms with Crippen LogP contribution in [0.25, 0.3) is 11.4 Å². The van der Waals surface area contributed by atoms with Crippen LogP contribution in [0.3, 0.4) is 0 Å². The molecule has 144 valence electrons. The first-order valence-corrected chi connectivity index (χ1v) is 10.00. The van der Waals surface area contributed by atoms with Crippen LogP contribution < -0.4 is 14.8 Å². The number of nitrogens with one attached hydrogen (secondary N) is 1. The summed E-state index contributed by atoms with van der Waals surface area (Å²) in [6.45, 7) is 2.25. The average Bonchev–Trinajstić information content (AvgIpc) is 3.35. The molecule has 0 radical (unpaired) electrons. The van der Waals surface area contributed by atoms with Gasteiger partial charge in [-0.2, -0.15) is 16.7 Å². The molecular formula is C20H19N3O4S. The van der Waals surface area contributed by atoms with Crippen LogP contribution in [0.15, 0.2) is 47.0 Å².